The molecule has 0 spiro atoms. The van der Waals surface area contributed by atoms with E-state index < -0.39 is 25.4 Å². The standard InChI is InChI=1S/C8H5F2NO2S2/c9-8(10)14-15(12,13)7-3-1-6(5-11)2-4-7/h1-4,8H. The number of hydrogen-bond acceptors (Lipinski definition) is 4. The Hall–Kier alpha value is -1.13. The number of benzene rings is 1. The number of nitriles is 1. The van der Waals surface area contributed by atoms with Gasteiger partial charge < -0.3 is 0 Å². The Morgan fingerprint density at radius 3 is 2.20 bits per heavy atom. The van der Waals surface area contributed by atoms with Gasteiger partial charge in [-0.3, -0.25) is 0 Å². The summed E-state index contributed by atoms with van der Waals surface area (Å²) in [6, 6.07) is 6.58. The van der Waals surface area contributed by atoms with Gasteiger partial charge in [-0.15, -0.1) is 0 Å². The van der Waals surface area contributed by atoms with E-state index in [1.807, 2.05) is 0 Å². The quantitative estimate of drug-likeness (QED) is 0.770. The molecule has 0 radical (unpaired) electrons. The highest BCUT2D eigenvalue weighted by atomic mass is 33.1. The Kier molecular flexibility index (Phi) is 3.66. The molecule has 0 N–H and O–H groups in total. The smallest absolute Gasteiger partial charge is 0.212 e. The molecule has 0 amide bonds. The van der Waals surface area contributed by atoms with E-state index >= 15 is 0 Å². The van der Waals surface area contributed by atoms with Crippen molar-refractivity contribution in [2.45, 2.75) is 10.7 Å². The third-order valence-corrected chi connectivity index (χ3v) is 4.49. The molecule has 0 aliphatic heterocycles. The van der Waals surface area contributed by atoms with Gasteiger partial charge in [-0.2, -0.15) is 14.0 Å². The van der Waals surface area contributed by atoms with Crippen LogP contribution in [0.3, 0.4) is 0 Å². The molecule has 0 aromatic heterocycles. The molecule has 0 aliphatic carbocycles. The molecule has 15 heavy (non-hydrogen) atoms. The highest BCUT2D eigenvalue weighted by molar-refractivity contribution is 8.72. The van der Waals surface area contributed by atoms with Crippen molar-refractivity contribution in [2.24, 2.45) is 0 Å². The zero-order valence-corrected chi connectivity index (χ0v) is 8.86. The van der Waals surface area contributed by atoms with Gasteiger partial charge in [0.15, 0.2) is 0 Å². The van der Waals surface area contributed by atoms with Crippen molar-refractivity contribution in [3.63, 3.8) is 0 Å². The molecule has 0 atom stereocenters. The van der Waals surface area contributed by atoms with E-state index in [-0.39, 0.29) is 10.5 Å². The van der Waals surface area contributed by atoms with Crippen LogP contribution in [0, 0.1) is 11.3 Å². The van der Waals surface area contributed by atoms with Crippen LogP contribution < -0.4 is 0 Å². The SMILES string of the molecule is N#Cc1ccc(S(=O)(=O)SC(F)F)cc1. The van der Waals surface area contributed by atoms with Gasteiger partial charge in [-0.1, -0.05) is 0 Å². The second kappa shape index (κ2) is 4.59. The molecule has 0 saturated carbocycles. The lowest BCUT2D eigenvalue weighted by Gasteiger charge is -2.01. The minimum Gasteiger partial charge on any atom is -0.212 e. The molecular weight excluding hydrogens is 244 g/mol. The Labute approximate surface area is 89.0 Å². The summed E-state index contributed by atoms with van der Waals surface area (Å²) in [6.07, 6.45) is 0. The van der Waals surface area contributed by atoms with E-state index in [4.69, 9.17) is 5.26 Å². The molecule has 0 heterocycles. The van der Waals surface area contributed by atoms with Crippen molar-refractivity contribution in [1.82, 2.24) is 0 Å². The topological polar surface area (TPSA) is 57.9 Å². The first-order chi connectivity index (χ1) is 6.95. The second-order valence-electron chi connectivity index (χ2n) is 2.45. The van der Waals surface area contributed by atoms with Gasteiger partial charge in [-0.05, 0) is 24.3 Å². The van der Waals surface area contributed by atoms with E-state index in [2.05, 4.69) is 0 Å². The van der Waals surface area contributed by atoms with Gasteiger partial charge in [0, 0.05) is 10.8 Å². The summed E-state index contributed by atoms with van der Waals surface area (Å²) in [5.74, 6) is -2.98. The van der Waals surface area contributed by atoms with Crippen LogP contribution in [0.1, 0.15) is 5.56 Å². The first-order valence-electron chi connectivity index (χ1n) is 3.67. The van der Waals surface area contributed by atoms with Crippen LogP contribution in [-0.2, 0) is 8.87 Å². The van der Waals surface area contributed by atoms with Crippen LogP contribution in [0.25, 0.3) is 0 Å². The summed E-state index contributed by atoms with van der Waals surface area (Å²) in [7, 11) is -4.45. The third kappa shape index (κ3) is 3.18. The number of halogens is 2. The summed E-state index contributed by atoms with van der Waals surface area (Å²) < 4.78 is 46.3. The molecule has 1 aromatic carbocycles. The van der Waals surface area contributed by atoms with Gasteiger partial charge in [-0.25, -0.2) is 8.42 Å². The predicted octanol–water partition coefficient (Wildman–Crippen LogP) is 2.20. The van der Waals surface area contributed by atoms with Crippen LogP contribution in [0.2, 0.25) is 0 Å². The molecule has 80 valence electrons. The monoisotopic (exact) mass is 249 g/mol. The third-order valence-electron chi connectivity index (χ3n) is 1.47. The summed E-state index contributed by atoms with van der Waals surface area (Å²) >= 11 is 0. The largest absolute Gasteiger partial charge is 0.298 e. The Bertz CT molecular complexity index is 476. The van der Waals surface area contributed by atoms with E-state index in [0.717, 1.165) is 12.1 Å². The average Bonchev–Trinajstić information content (AvgIpc) is 2.16. The highest BCUT2D eigenvalue weighted by Crippen LogP contribution is 2.28. The molecule has 0 bridgehead atoms. The van der Waals surface area contributed by atoms with Crippen molar-refractivity contribution in [2.75, 3.05) is 0 Å². The van der Waals surface area contributed by atoms with Crippen LogP contribution >= 0.6 is 10.8 Å². The molecule has 0 aliphatic rings. The maximum Gasteiger partial charge on any atom is 0.298 e. The summed E-state index contributed by atoms with van der Waals surface area (Å²) in [4.78, 5) is -0.230. The van der Waals surface area contributed by atoms with Gasteiger partial charge in [0.2, 0.25) is 8.87 Å². The van der Waals surface area contributed by atoms with Crippen LogP contribution in [0.15, 0.2) is 29.2 Å². The minimum atomic E-state index is -4.03. The Balaban J connectivity index is 3.02. The van der Waals surface area contributed by atoms with Crippen LogP contribution in [0.5, 0.6) is 0 Å². The van der Waals surface area contributed by atoms with Crippen molar-refractivity contribution >= 4 is 19.7 Å². The predicted molar refractivity (Wildman–Crippen MR) is 51.9 cm³/mol. The zero-order valence-electron chi connectivity index (χ0n) is 7.22. The van der Waals surface area contributed by atoms with Crippen molar-refractivity contribution in [3.05, 3.63) is 29.8 Å². The lowest BCUT2D eigenvalue weighted by atomic mass is 10.2. The normalized spacial score (nSPS) is 11.3. The highest BCUT2D eigenvalue weighted by Gasteiger charge is 2.21. The van der Waals surface area contributed by atoms with Crippen molar-refractivity contribution in [3.8, 4) is 6.07 Å². The summed E-state index contributed by atoms with van der Waals surface area (Å²) in [5.41, 5.74) is 0.274. The fraction of sp³-hybridized carbons (Fsp3) is 0.125. The zero-order chi connectivity index (χ0) is 11.5. The maximum absolute atomic E-state index is 11.9. The average molecular weight is 249 g/mol. The first-order valence-corrected chi connectivity index (χ1v) is 6.55. The molecule has 7 heteroatoms. The summed E-state index contributed by atoms with van der Waals surface area (Å²) in [6.45, 7) is 0. The molecule has 1 rings (SSSR count). The molecule has 3 nitrogen and oxygen atoms in total. The number of alkyl halides is 2. The lowest BCUT2D eigenvalue weighted by Crippen LogP contribution is -1.98. The van der Waals surface area contributed by atoms with E-state index in [1.54, 1.807) is 6.07 Å². The Morgan fingerprint density at radius 2 is 1.80 bits per heavy atom. The number of rotatable bonds is 3. The minimum absolute atomic E-state index is 0.230. The van der Waals surface area contributed by atoms with Gasteiger partial charge in [0.05, 0.1) is 16.5 Å². The summed E-state index contributed by atoms with van der Waals surface area (Å²) in [5, 5.41) is 8.45. The van der Waals surface area contributed by atoms with Crippen LogP contribution in [-0.4, -0.2) is 14.2 Å². The number of nitrogens with zero attached hydrogens (tertiary/aromatic N) is 1. The van der Waals surface area contributed by atoms with Crippen molar-refractivity contribution < 1.29 is 17.2 Å². The maximum atomic E-state index is 11.9. The van der Waals surface area contributed by atoms with E-state index in [9.17, 15) is 17.2 Å². The molecular formula is C8H5F2NO2S2. The number of hydrogen-bond donors (Lipinski definition) is 0. The second-order valence-corrected chi connectivity index (χ2v) is 6.27. The van der Waals surface area contributed by atoms with Crippen molar-refractivity contribution in [1.29, 1.82) is 5.26 Å². The lowest BCUT2D eigenvalue weighted by molar-refractivity contribution is 0.254. The van der Waals surface area contributed by atoms with Gasteiger partial charge >= 0.3 is 0 Å². The molecule has 0 unspecified atom stereocenters. The molecule has 0 saturated heterocycles. The van der Waals surface area contributed by atoms with E-state index in [0.29, 0.717) is 0 Å². The van der Waals surface area contributed by atoms with E-state index in [1.165, 1.54) is 12.1 Å². The van der Waals surface area contributed by atoms with Gasteiger partial charge in [0.25, 0.3) is 5.76 Å². The van der Waals surface area contributed by atoms with Gasteiger partial charge in [0.1, 0.15) is 0 Å². The molecule has 1 aromatic rings. The fourth-order valence-corrected chi connectivity index (χ4v) is 2.86. The molecule has 0 fully saturated rings. The Morgan fingerprint density at radius 1 is 1.27 bits per heavy atom. The van der Waals surface area contributed by atoms with Crippen LogP contribution in [0.4, 0.5) is 8.78 Å². The fourth-order valence-electron chi connectivity index (χ4n) is 0.847. The first kappa shape index (κ1) is 11.9.